The molecule has 1 aromatic heterocycles. The predicted octanol–water partition coefficient (Wildman–Crippen LogP) is 5.04. The smallest absolute Gasteiger partial charge is 0.260 e. The highest BCUT2D eigenvalue weighted by Crippen LogP contribution is 2.34. The lowest BCUT2D eigenvalue weighted by Crippen LogP contribution is -2.36. The van der Waals surface area contributed by atoms with Gasteiger partial charge in [0, 0.05) is 36.6 Å². The molecule has 7 nitrogen and oxygen atoms in total. The summed E-state index contributed by atoms with van der Waals surface area (Å²) in [5.74, 6) is -0.195. The van der Waals surface area contributed by atoms with Gasteiger partial charge < -0.3 is 4.90 Å². The van der Waals surface area contributed by atoms with Gasteiger partial charge in [-0.1, -0.05) is 37.7 Å². The minimum atomic E-state index is -3.60. The summed E-state index contributed by atoms with van der Waals surface area (Å²) < 4.78 is 28.6. The second-order valence-corrected chi connectivity index (χ2v) is 12.2. The number of para-hydroxylation sites is 1. The highest BCUT2D eigenvalue weighted by atomic mass is 32.2. The second-order valence-electron chi connectivity index (χ2n) is 8.44. The van der Waals surface area contributed by atoms with E-state index in [9.17, 15) is 13.2 Å². The van der Waals surface area contributed by atoms with Crippen molar-refractivity contribution in [1.82, 2.24) is 14.2 Å². The molecule has 0 fully saturated rings. The van der Waals surface area contributed by atoms with Crippen molar-refractivity contribution in [1.29, 1.82) is 0 Å². The Morgan fingerprint density at radius 3 is 2.34 bits per heavy atom. The highest BCUT2D eigenvalue weighted by molar-refractivity contribution is 7.98. The number of rotatable bonds is 12. The van der Waals surface area contributed by atoms with Crippen molar-refractivity contribution < 1.29 is 13.2 Å². The summed E-state index contributed by atoms with van der Waals surface area (Å²) in [4.78, 5) is 23.4. The number of carbonyl (C=O) groups is 1. The Balaban J connectivity index is 1.92. The van der Waals surface area contributed by atoms with Gasteiger partial charge in [0.2, 0.25) is 10.0 Å². The van der Waals surface area contributed by atoms with E-state index in [1.807, 2.05) is 57.3 Å². The summed E-state index contributed by atoms with van der Waals surface area (Å²) >= 11 is 3.12. The molecule has 3 rings (SSSR count). The lowest BCUT2D eigenvalue weighted by Gasteiger charge is -2.23. The molecule has 0 saturated heterocycles. The Bertz CT molecular complexity index is 1240. The number of likely N-dealkylation sites (N-methyl/N-ethyl adjacent to an activating group) is 1. The van der Waals surface area contributed by atoms with E-state index in [2.05, 4.69) is 0 Å². The fraction of sp³-hybridized carbons (Fsp3) is 0.440. The van der Waals surface area contributed by atoms with Crippen molar-refractivity contribution in [3.63, 3.8) is 0 Å². The molecule has 0 saturated carbocycles. The van der Waals surface area contributed by atoms with Crippen LogP contribution in [0.3, 0.4) is 0 Å². The first kappa shape index (κ1) is 27.6. The van der Waals surface area contributed by atoms with E-state index in [-0.39, 0.29) is 10.8 Å². The number of amides is 1. The minimum Gasteiger partial charge on any atom is -0.308 e. The zero-order chi connectivity index (χ0) is 25.6. The first-order valence-corrected chi connectivity index (χ1v) is 15.2. The third kappa shape index (κ3) is 6.42. The average molecular weight is 535 g/mol. The maximum Gasteiger partial charge on any atom is 0.260 e. The Morgan fingerprint density at radius 1 is 1.03 bits per heavy atom. The normalized spacial score (nSPS) is 12.1. The van der Waals surface area contributed by atoms with Gasteiger partial charge in [-0.15, -0.1) is 11.8 Å². The first-order valence-electron chi connectivity index (χ1n) is 11.7. The molecule has 0 radical (unpaired) electrons. The van der Waals surface area contributed by atoms with E-state index in [0.29, 0.717) is 36.9 Å². The van der Waals surface area contributed by atoms with Gasteiger partial charge in [-0.05, 0) is 63.2 Å². The van der Waals surface area contributed by atoms with Crippen LogP contribution in [0.2, 0.25) is 0 Å². The van der Waals surface area contributed by atoms with Crippen LogP contribution in [-0.2, 0) is 10.0 Å². The maximum atomic E-state index is 13.6. The van der Waals surface area contributed by atoms with Gasteiger partial charge >= 0.3 is 0 Å². The van der Waals surface area contributed by atoms with Crippen molar-refractivity contribution in [3.05, 3.63) is 48.0 Å². The van der Waals surface area contributed by atoms with Gasteiger partial charge in [0.05, 0.1) is 15.1 Å². The number of thioether (sulfide) groups is 1. The van der Waals surface area contributed by atoms with Gasteiger partial charge in [-0.25, -0.2) is 13.4 Å². The van der Waals surface area contributed by atoms with E-state index in [1.54, 1.807) is 28.8 Å². The Labute approximate surface area is 217 Å². The molecular weight excluding hydrogens is 501 g/mol. The summed E-state index contributed by atoms with van der Waals surface area (Å²) in [6.07, 6.45) is 3.75. The van der Waals surface area contributed by atoms with Crippen molar-refractivity contribution in [2.24, 2.45) is 0 Å². The quantitative estimate of drug-likeness (QED) is 0.303. The predicted molar refractivity (Wildman–Crippen MR) is 147 cm³/mol. The lowest BCUT2D eigenvalue weighted by molar-refractivity contribution is 0.0985. The largest absolute Gasteiger partial charge is 0.308 e. The van der Waals surface area contributed by atoms with E-state index in [1.165, 1.54) is 27.8 Å². The van der Waals surface area contributed by atoms with Crippen molar-refractivity contribution >= 4 is 54.4 Å². The Hall–Kier alpha value is -1.98. The summed E-state index contributed by atoms with van der Waals surface area (Å²) in [5.41, 5.74) is 1.33. The number of unbranched alkanes of at least 4 members (excludes halogenated alkanes) is 1. The zero-order valence-corrected chi connectivity index (χ0v) is 23.5. The molecule has 10 heteroatoms. The van der Waals surface area contributed by atoms with Gasteiger partial charge in [0.1, 0.15) is 0 Å². The van der Waals surface area contributed by atoms with Crippen LogP contribution in [0.4, 0.5) is 5.13 Å². The molecule has 0 unspecified atom stereocenters. The van der Waals surface area contributed by atoms with Crippen LogP contribution in [0.15, 0.2) is 52.3 Å². The lowest BCUT2D eigenvalue weighted by atomic mass is 10.2. The zero-order valence-electron chi connectivity index (χ0n) is 21.0. The molecule has 2 aromatic carbocycles. The van der Waals surface area contributed by atoms with Crippen LogP contribution in [0.25, 0.3) is 10.2 Å². The summed E-state index contributed by atoms with van der Waals surface area (Å²) in [6, 6.07) is 12.3. The summed E-state index contributed by atoms with van der Waals surface area (Å²) in [7, 11) is 0.330. The third-order valence-corrected chi connectivity index (χ3v) is 9.49. The number of hydrogen-bond acceptors (Lipinski definition) is 7. The monoisotopic (exact) mass is 534 g/mol. The standard InChI is InChI=1S/C25H34N4O3S3/c1-6-8-16-28(7-2)35(31,32)20-14-12-19(13-15-20)24(30)29(18-17-27(3)4)25-26-23-21(33-5)10-9-11-22(23)34-25/h9-15H,6-8,16-18H2,1-5H3. The number of nitrogens with zero attached hydrogens (tertiary/aromatic N) is 4. The molecule has 190 valence electrons. The number of hydrogen-bond donors (Lipinski definition) is 0. The van der Waals surface area contributed by atoms with Crippen LogP contribution < -0.4 is 4.90 Å². The molecule has 3 aromatic rings. The molecule has 0 spiro atoms. The van der Waals surface area contributed by atoms with Crippen molar-refractivity contribution in [3.8, 4) is 0 Å². The number of benzene rings is 2. The summed E-state index contributed by atoms with van der Waals surface area (Å²) in [5, 5.41) is 0.641. The molecule has 1 heterocycles. The third-order valence-electron chi connectivity index (χ3n) is 5.69. The molecule has 0 aliphatic rings. The van der Waals surface area contributed by atoms with Gasteiger partial charge in [0.25, 0.3) is 5.91 Å². The number of sulfonamides is 1. The van der Waals surface area contributed by atoms with Crippen LogP contribution in [0.5, 0.6) is 0 Å². The number of carbonyl (C=O) groups excluding carboxylic acids is 1. The topological polar surface area (TPSA) is 73.8 Å². The van der Waals surface area contributed by atoms with E-state index in [4.69, 9.17) is 4.98 Å². The average Bonchev–Trinajstić information content (AvgIpc) is 3.28. The fourth-order valence-electron chi connectivity index (χ4n) is 3.63. The second kappa shape index (κ2) is 12.3. The van der Waals surface area contributed by atoms with Gasteiger partial charge in [0.15, 0.2) is 5.13 Å². The van der Waals surface area contributed by atoms with E-state index >= 15 is 0 Å². The molecule has 0 N–H and O–H groups in total. The van der Waals surface area contributed by atoms with Crippen LogP contribution >= 0.6 is 23.1 Å². The number of aromatic nitrogens is 1. The first-order chi connectivity index (χ1) is 16.7. The van der Waals surface area contributed by atoms with Crippen molar-refractivity contribution in [2.75, 3.05) is 51.4 Å². The van der Waals surface area contributed by atoms with Crippen LogP contribution in [0.1, 0.15) is 37.0 Å². The minimum absolute atomic E-state index is 0.195. The molecular formula is C25H34N4O3S3. The molecule has 0 aliphatic heterocycles. The van der Waals surface area contributed by atoms with Crippen LogP contribution in [0, 0.1) is 0 Å². The Kier molecular flexibility index (Phi) is 9.71. The molecule has 0 bridgehead atoms. The van der Waals surface area contributed by atoms with Crippen molar-refractivity contribution in [2.45, 2.75) is 36.5 Å². The maximum absolute atomic E-state index is 13.6. The fourth-order valence-corrected chi connectivity index (χ4v) is 6.77. The van der Waals surface area contributed by atoms with E-state index < -0.39 is 10.0 Å². The highest BCUT2D eigenvalue weighted by Gasteiger charge is 2.25. The summed E-state index contributed by atoms with van der Waals surface area (Å²) in [6.45, 7) is 5.93. The molecule has 0 aliphatic carbocycles. The van der Waals surface area contributed by atoms with Gasteiger partial charge in [-0.2, -0.15) is 4.31 Å². The number of anilines is 1. The van der Waals surface area contributed by atoms with E-state index in [0.717, 1.165) is 28.0 Å². The van der Waals surface area contributed by atoms with Crippen LogP contribution in [-0.4, -0.2) is 75.0 Å². The Morgan fingerprint density at radius 2 is 1.74 bits per heavy atom. The number of fused-ring (bicyclic) bond motifs is 1. The molecule has 1 amide bonds. The van der Waals surface area contributed by atoms with Gasteiger partial charge in [-0.3, -0.25) is 9.69 Å². The molecule has 35 heavy (non-hydrogen) atoms. The SMILES string of the molecule is CCCCN(CC)S(=O)(=O)c1ccc(C(=O)N(CCN(C)C)c2nc3c(SC)cccc3s2)cc1. The molecule has 0 atom stereocenters. The number of thiazole rings is 1.